The van der Waals surface area contributed by atoms with Gasteiger partial charge < -0.3 is 15.0 Å². The van der Waals surface area contributed by atoms with E-state index in [2.05, 4.69) is 29.6 Å². The number of amides is 1. The van der Waals surface area contributed by atoms with E-state index in [1.165, 1.54) is 11.3 Å². The van der Waals surface area contributed by atoms with Gasteiger partial charge >= 0.3 is 6.09 Å². The molecular weight excluding hydrogens is 228 g/mol. The van der Waals surface area contributed by atoms with Crippen LogP contribution >= 0.6 is 0 Å². The van der Waals surface area contributed by atoms with E-state index in [0.717, 1.165) is 32.5 Å². The number of nitrogens with one attached hydrogen (secondary N) is 1. The van der Waals surface area contributed by atoms with E-state index < -0.39 is 0 Å². The van der Waals surface area contributed by atoms with Crippen LogP contribution < -0.4 is 5.32 Å². The molecule has 2 heterocycles. The molecule has 1 saturated heterocycles. The average Bonchev–Trinajstić information content (AvgIpc) is 2.81. The molecule has 1 unspecified atom stereocenters. The number of carbonyl (C=O) groups is 1. The number of fused-ring (bicyclic) bond motifs is 1. The fourth-order valence-corrected chi connectivity index (χ4v) is 2.73. The third-order valence-electron chi connectivity index (χ3n) is 3.74. The summed E-state index contributed by atoms with van der Waals surface area (Å²) in [4.78, 5) is 13.4. The number of cyclic esters (lactones) is 1. The molecule has 1 atom stereocenters. The third kappa shape index (κ3) is 2.15. The lowest BCUT2D eigenvalue weighted by atomic mass is 9.98. The van der Waals surface area contributed by atoms with Crippen molar-refractivity contribution >= 4 is 11.8 Å². The topological polar surface area (TPSA) is 41.6 Å². The molecule has 96 valence electrons. The Morgan fingerprint density at radius 3 is 3.17 bits per heavy atom. The zero-order valence-corrected chi connectivity index (χ0v) is 10.4. The molecular formula is C14H18N2O2. The number of nitrogens with zero attached hydrogens (tertiary/aromatic N) is 1. The van der Waals surface area contributed by atoms with Crippen molar-refractivity contribution in [2.45, 2.75) is 18.8 Å². The highest BCUT2D eigenvalue weighted by atomic mass is 16.6. The highest BCUT2D eigenvalue weighted by Crippen LogP contribution is 2.33. The van der Waals surface area contributed by atoms with Gasteiger partial charge in [-0.2, -0.15) is 0 Å². The Bertz CT molecular complexity index is 447. The van der Waals surface area contributed by atoms with Crippen LogP contribution in [0.15, 0.2) is 24.3 Å². The van der Waals surface area contributed by atoms with Crippen LogP contribution in [0.1, 0.15) is 24.3 Å². The third-order valence-corrected chi connectivity index (χ3v) is 3.74. The molecule has 0 spiro atoms. The number of hydrogen-bond donors (Lipinski definition) is 1. The van der Waals surface area contributed by atoms with Crippen molar-refractivity contribution in [1.29, 1.82) is 0 Å². The Labute approximate surface area is 107 Å². The zero-order valence-electron chi connectivity index (χ0n) is 10.4. The summed E-state index contributed by atoms with van der Waals surface area (Å²) >= 11 is 0. The first-order valence-electron chi connectivity index (χ1n) is 6.59. The van der Waals surface area contributed by atoms with Gasteiger partial charge in [-0.1, -0.05) is 18.2 Å². The van der Waals surface area contributed by atoms with E-state index >= 15 is 0 Å². The Kier molecular flexibility index (Phi) is 3.09. The molecule has 0 radical (unpaired) electrons. The van der Waals surface area contributed by atoms with Gasteiger partial charge in [0.1, 0.15) is 0 Å². The van der Waals surface area contributed by atoms with E-state index in [4.69, 9.17) is 4.74 Å². The highest BCUT2D eigenvalue weighted by Gasteiger charge is 2.24. The van der Waals surface area contributed by atoms with Gasteiger partial charge in [0.2, 0.25) is 0 Å². The minimum Gasteiger partial charge on any atom is -0.449 e. The van der Waals surface area contributed by atoms with Crippen molar-refractivity contribution in [3.63, 3.8) is 0 Å². The lowest BCUT2D eigenvalue weighted by molar-refractivity contribution is 0.0719. The molecule has 0 aliphatic carbocycles. The van der Waals surface area contributed by atoms with E-state index in [9.17, 15) is 4.79 Å². The molecule has 18 heavy (non-hydrogen) atoms. The molecule has 3 rings (SSSR count). The first-order valence-corrected chi connectivity index (χ1v) is 6.59. The fourth-order valence-electron chi connectivity index (χ4n) is 2.73. The van der Waals surface area contributed by atoms with Gasteiger partial charge in [0, 0.05) is 31.2 Å². The number of benzene rings is 1. The average molecular weight is 246 g/mol. The molecule has 1 amide bonds. The van der Waals surface area contributed by atoms with Crippen LogP contribution in [0.3, 0.4) is 0 Å². The standard InChI is InChI=1S/C14H18N2O2/c17-14-16(7-3-9-18-14)8-6-11-10-15-13-5-2-1-4-12(11)13/h1-2,4-5,11,15H,3,6-10H2. The van der Waals surface area contributed by atoms with E-state index in [0.29, 0.717) is 12.5 Å². The maximum absolute atomic E-state index is 11.5. The smallest absolute Gasteiger partial charge is 0.409 e. The Morgan fingerprint density at radius 1 is 1.39 bits per heavy atom. The predicted molar refractivity (Wildman–Crippen MR) is 69.8 cm³/mol. The van der Waals surface area contributed by atoms with E-state index in [1.807, 2.05) is 4.90 Å². The summed E-state index contributed by atoms with van der Waals surface area (Å²) in [6.45, 7) is 3.17. The van der Waals surface area contributed by atoms with Crippen molar-refractivity contribution in [1.82, 2.24) is 4.90 Å². The molecule has 4 nitrogen and oxygen atoms in total. The highest BCUT2D eigenvalue weighted by molar-refractivity contribution is 5.68. The van der Waals surface area contributed by atoms with Crippen LogP contribution in [0.25, 0.3) is 0 Å². The molecule has 0 bridgehead atoms. The van der Waals surface area contributed by atoms with Crippen LogP contribution in [-0.2, 0) is 4.74 Å². The second kappa shape index (κ2) is 4.88. The molecule has 1 aromatic carbocycles. The molecule has 2 aliphatic heterocycles. The van der Waals surface area contributed by atoms with Gasteiger partial charge in [0.05, 0.1) is 6.61 Å². The molecule has 4 heteroatoms. The minimum absolute atomic E-state index is 0.152. The molecule has 0 aromatic heterocycles. The van der Waals surface area contributed by atoms with Crippen molar-refractivity contribution in [2.24, 2.45) is 0 Å². The number of anilines is 1. The maximum atomic E-state index is 11.5. The second-order valence-electron chi connectivity index (χ2n) is 4.91. The van der Waals surface area contributed by atoms with Crippen LogP contribution in [0.2, 0.25) is 0 Å². The molecule has 1 N–H and O–H groups in total. The van der Waals surface area contributed by atoms with Gasteiger partial charge in [-0.15, -0.1) is 0 Å². The summed E-state index contributed by atoms with van der Waals surface area (Å²) in [7, 11) is 0. The predicted octanol–water partition coefficient (Wildman–Crippen LogP) is 2.43. The zero-order chi connectivity index (χ0) is 12.4. The van der Waals surface area contributed by atoms with Gasteiger partial charge in [0.25, 0.3) is 0 Å². The first-order chi connectivity index (χ1) is 8.84. The summed E-state index contributed by atoms with van der Waals surface area (Å²) in [6, 6.07) is 8.42. The lowest BCUT2D eigenvalue weighted by Crippen LogP contribution is -2.38. The van der Waals surface area contributed by atoms with E-state index in [1.54, 1.807) is 0 Å². The SMILES string of the molecule is O=C1OCCCN1CCC1CNc2ccccc21. The second-order valence-corrected chi connectivity index (χ2v) is 4.91. The van der Waals surface area contributed by atoms with E-state index in [-0.39, 0.29) is 6.09 Å². The fraction of sp³-hybridized carbons (Fsp3) is 0.500. The number of hydrogen-bond acceptors (Lipinski definition) is 3. The largest absolute Gasteiger partial charge is 0.449 e. The summed E-state index contributed by atoms with van der Waals surface area (Å²) in [6.07, 6.45) is 1.80. The Morgan fingerprint density at radius 2 is 2.28 bits per heavy atom. The Hall–Kier alpha value is -1.71. The first kappa shape index (κ1) is 11.4. The number of rotatable bonds is 3. The molecule has 1 aromatic rings. The number of ether oxygens (including phenoxy) is 1. The van der Waals surface area contributed by atoms with Crippen molar-refractivity contribution < 1.29 is 9.53 Å². The molecule has 1 fully saturated rings. The molecule has 0 saturated carbocycles. The Balaban J connectivity index is 1.60. The lowest BCUT2D eigenvalue weighted by Gasteiger charge is -2.27. The van der Waals surface area contributed by atoms with Crippen molar-refractivity contribution in [2.75, 3.05) is 31.6 Å². The van der Waals surface area contributed by atoms with Crippen LogP contribution in [0.4, 0.5) is 10.5 Å². The van der Waals surface area contributed by atoms with Gasteiger partial charge in [-0.05, 0) is 24.5 Å². The van der Waals surface area contributed by atoms with Crippen LogP contribution in [-0.4, -0.2) is 37.2 Å². The van der Waals surface area contributed by atoms with Crippen LogP contribution in [0.5, 0.6) is 0 Å². The van der Waals surface area contributed by atoms with Crippen molar-refractivity contribution in [3.05, 3.63) is 29.8 Å². The number of para-hydroxylation sites is 1. The number of carbonyl (C=O) groups excluding carboxylic acids is 1. The monoisotopic (exact) mass is 246 g/mol. The quantitative estimate of drug-likeness (QED) is 0.890. The van der Waals surface area contributed by atoms with Gasteiger partial charge in [-0.25, -0.2) is 4.79 Å². The minimum atomic E-state index is -0.152. The van der Waals surface area contributed by atoms with Crippen LogP contribution in [0, 0.1) is 0 Å². The summed E-state index contributed by atoms with van der Waals surface area (Å²) < 4.78 is 5.05. The summed E-state index contributed by atoms with van der Waals surface area (Å²) in [5, 5.41) is 3.41. The van der Waals surface area contributed by atoms with Crippen molar-refractivity contribution in [3.8, 4) is 0 Å². The van der Waals surface area contributed by atoms with Gasteiger partial charge in [0.15, 0.2) is 0 Å². The maximum Gasteiger partial charge on any atom is 0.409 e. The molecule has 2 aliphatic rings. The van der Waals surface area contributed by atoms with Gasteiger partial charge in [-0.3, -0.25) is 0 Å². The normalized spacial score (nSPS) is 22.3. The summed E-state index contributed by atoms with van der Waals surface area (Å²) in [5.74, 6) is 0.510. The summed E-state index contributed by atoms with van der Waals surface area (Å²) in [5.41, 5.74) is 2.62.